The van der Waals surface area contributed by atoms with E-state index in [1.165, 1.54) is 11.1 Å². The van der Waals surface area contributed by atoms with Gasteiger partial charge in [-0.15, -0.1) is 0 Å². The van der Waals surface area contributed by atoms with E-state index in [9.17, 15) is 0 Å². The van der Waals surface area contributed by atoms with Crippen LogP contribution in [0.15, 0.2) is 18.2 Å². The smallest absolute Gasteiger partial charge is 0.127 e. The molecule has 0 radical (unpaired) electrons. The SMILES string of the molecule is CC(C)c1cccc2c1OCCC2N1CCNCC1. The molecule has 2 aliphatic heterocycles. The summed E-state index contributed by atoms with van der Waals surface area (Å²) in [6.07, 6.45) is 1.12. The first kappa shape index (κ1) is 12.9. The Kier molecular flexibility index (Phi) is 3.76. The summed E-state index contributed by atoms with van der Waals surface area (Å²) < 4.78 is 5.99. The Hall–Kier alpha value is -1.06. The Morgan fingerprint density at radius 3 is 2.79 bits per heavy atom. The molecule has 3 nitrogen and oxygen atoms in total. The monoisotopic (exact) mass is 260 g/mol. The molecule has 1 unspecified atom stereocenters. The van der Waals surface area contributed by atoms with Gasteiger partial charge in [0.1, 0.15) is 5.75 Å². The lowest BCUT2D eigenvalue weighted by molar-refractivity contribution is 0.125. The summed E-state index contributed by atoms with van der Waals surface area (Å²) >= 11 is 0. The lowest BCUT2D eigenvalue weighted by atomic mass is 9.92. The summed E-state index contributed by atoms with van der Waals surface area (Å²) in [5.74, 6) is 1.68. The predicted molar refractivity (Wildman–Crippen MR) is 77.8 cm³/mol. The summed E-state index contributed by atoms with van der Waals surface area (Å²) in [5, 5.41) is 3.43. The lowest BCUT2D eigenvalue weighted by Gasteiger charge is -2.38. The summed E-state index contributed by atoms with van der Waals surface area (Å²) in [6, 6.07) is 7.21. The van der Waals surface area contributed by atoms with Crippen LogP contribution in [0.25, 0.3) is 0 Å². The van der Waals surface area contributed by atoms with Crippen molar-refractivity contribution in [1.82, 2.24) is 10.2 Å². The number of nitrogens with zero attached hydrogens (tertiary/aromatic N) is 1. The first-order valence-corrected chi connectivity index (χ1v) is 7.47. The third kappa shape index (κ3) is 2.49. The third-order valence-corrected chi connectivity index (χ3v) is 4.29. The van der Waals surface area contributed by atoms with Crippen LogP contribution in [0.1, 0.15) is 43.4 Å². The summed E-state index contributed by atoms with van der Waals surface area (Å²) in [7, 11) is 0. The molecule has 104 valence electrons. The summed E-state index contributed by atoms with van der Waals surface area (Å²) in [4.78, 5) is 2.61. The number of hydrogen-bond acceptors (Lipinski definition) is 3. The van der Waals surface area contributed by atoms with Crippen molar-refractivity contribution in [2.45, 2.75) is 32.2 Å². The van der Waals surface area contributed by atoms with E-state index in [1.54, 1.807) is 0 Å². The molecule has 0 amide bonds. The third-order valence-electron chi connectivity index (χ3n) is 4.29. The van der Waals surface area contributed by atoms with Crippen LogP contribution in [0.4, 0.5) is 0 Å². The standard InChI is InChI=1S/C16H24N2O/c1-12(2)13-4-3-5-14-15(6-11-19-16(13)14)18-9-7-17-8-10-18/h3-5,12,15,17H,6-11H2,1-2H3. The molecule has 1 N–H and O–H groups in total. The summed E-state index contributed by atoms with van der Waals surface area (Å²) in [5.41, 5.74) is 2.76. The minimum absolute atomic E-state index is 0.525. The fraction of sp³-hybridized carbons (Fsp3) is 0.625. The van der Waals surface area contributed by atoms with Crippen LogP contribution in [0.3, 0.4) is 0 Å². The van der Waals surface area contributed by atoms with Gasteiger partial charge in [0.2, 0.25) is 0 Å². The second kappa shape index (κ2) is 5.51. The number of nitrogens with one attached hydrogen (secondary N) is 1. The molecule has 0 spiro atoms. The highest BCUT2D eigenvalue weighted by molar-refractivity contribution is 5.46. The van der Waals surface area contributed by atoms with Crippen molar-refractivity contribution in [3.8, 4) is 5.75 Å². The number of ether oxygens (including phenoxy) is 1. The number of hydrogen-bond donors (Lipinski definition) is 1. The molecule has 0 aromatic heterocycles. The van der Waals surface area contributed by atoms with Crippen LogP contribution >= 0.6 is 0 Å². The van der Waals surface area contributed by atoms with Crippen LogP contribution in [-0.4, -0.2) is 37.7 Å². The lowest BCUT2D eigenvalue weighted by Crippen LogP contribution is -2.46. The quantitative estimate of drug-likeness (QED) is 0.884. The van der Waals surface area contributed by atoms with Gasteiger partial charge < -0.3 is 10.1 Å². The number of piperazine rings is 1. The van der Waals surface area contributed by atoms with Crippen LogP contribution in [0, 0.1) is 0 Å². The second-order valence-corrected chi connectivity index (χ2v) is 5.86. The molecule has 1 fully saturated rings. The fourth-order valence-electron chi connectivity index (χ4n) is 3.26. The minimum Gasteiger partial charge on any atom is -0.493 e. The number of fused-ring (bicyclic) bond motifs is 1. The van der Waals surface area contributed by atoms with Crippen molar-refractivity contribution >= 4 is 0 Å². The van der Waals surface area contributed by atoms with Gasteiger partial charge in [-0.25, -0.2) is 0 Å². The first-order valence-electron chi connectivity index (χ1n) is 7.47. The molecule has 0 bridgehead atoms. The molecule has 2 aliphatic rings. The maximum atomic E-state index is 5.99. The minimum atomic E-state index is 0.525. The Morgan fingerprint density at radius 1 is 1.26 bits per heavy atom. The van der Waals surface area contributed by atoms with E-state index in [1.807, 2.05) is 0 Å². The highest BCUT2D eigenvalue weighted by atomic mass is 16.5. The van der Waals surface area contributed by atoms with Gasteiger partial charge in [0.25, 0.3) is 0 Å². The van der Waals surface area contributed by atoms with Gasteiger partial charge in [-0.2, -0.15) is 0 Å². The maximum Gasteiger partial charge on any atom is 0.127 e. The molecule has 3 rings (SSSR count). The van der Waals surface area contributed by atoms with E-state index in [0.717, 1.165) is 45.0 Å². The van der Waals surface area contributed by atoms with Gasteiger partial charge in [0, 0.05) is 44.2 Å². The van der Waals surface area contributed by atoms with E-state index in [-0.39, 0.29) is 0 Å². The van der Waals surface area contributed by atoms with Crippen molar-refractivity contribution in [2.75, 3.05) is 32.8 Å². The molecule has 1 saturated heterocycles. The molecular weight excluding hydrogens is 236 g/mol. The molecule has 1 atom stereocenters. The second-order valence-electron chi connectivity index (χ2n) is 5.86. The molecule has 19 heavy (non-hydrogen) atoms. The van der Waals surface area contributed by atoms with Gasteiger partial charge in [-0.3, -0.25) is 4.90 Å². The molecule has 3 heteroatoms. The Morgan fingerprint density at radius 2 is 2.05 bits per heavy atom. The first-order chi connectivity index (χ1) is 9.27. The van der Waals surface area contributed by atoms with E-state index in [0.29, 0.717) is 12.0 Å². The van der Waals surface area contributed by atoms with E-state index < -0.39 is 0 Å². The molecule has 0 saturated carbocycles. The average molecular weight is 260 g/mol. The Labute approximate surface area is 115 Å². The van der Waals surface area contributed by atoms with Crippen LogP contribution < -0.4 is 10.1 Å². The highest BCUT2D eigenvalue weighted by Gasteiger charge is 2.29. The van der Waals surface area contributed by atoms with Crippen LogP contribution in [0.5, 0.6) is 5.75 Å². The summed E-state index contributed by atoms with van der Waals surface area (Å²) in [6.45, 7) is 9.85. The van der Waals surface area contributed by atoms with Crippen molar-refractivity contribution in [3.63, 3.8) is 0 Å². The highest BCUT2D eigenvalue weighted by Crippen LogP contribution is 2.40. The zero-order valence-electron chi connectivity index (χ0n) is 12.0. The fourth-order valence-corrected chi connectivity index (χ4v) is 3.26. The molecule has 2 heterocycles. The maximum absolute atomic E-state index is 5.99. The Balaban J connectivity index is 1.93. The number of rotatable bonds is 2. The van der Waals surface area contributed by atoms with Gasteiger partial charge in [-0.1, -0.05) is 32.0 Å². The van der Waals surface area contributed by atoms with Gasteiger partial charge >= 0.3 is 0 Å². The number of para-hydroxylation sites is 1. The largest absolute Gasteiger partial charge is 0.493 e. The van der Waals surface area contributed by atoms with Crippen molar-refractivity contribution < 1.29 is 4.74 Å². The van der Waals surface area contributed by atoms with Crippen LogP contribution in [-0.2, 0) is 0 Å². The molecule has 1 aromatic carbocycles. The topological polar surface area (TPSA) is 24.5 Å². The molecular formula is C16H24N2O. The van der Waals surface area contributed by atoms with Crippen molar-refractivity contribution in [3.05, 3.63) is 29.3 Å². The van der Waals surface area contributed by atoms with E-state index in [2.05, 4.69) is 42.3 Å². The zero-order chi connectivity index (χ0) is 13.2. The molecule has 1 aromatic rings. The van der Waals surface area contributed by atoms with Crippen molar-refractivity contribution in [1.29, 1.82) is 0 Å². The zero-order valence-corrected chi connectivity index (χ0v) is 12.0. The van der Waals surface area contributed by atoms with E-state index in [4.69, 9.17) is 4.74 Å². The van der Waals surface area contributed by atoms with E-state index >= 15 is 0 Å². The Bertz CT molecular complexity index is 438. The van der Waals surface area contributed by atoms with Crippen LogP contribution in [0.2, 0.25) is 0 Å². The number of benzene rings is 1. The average Bonchev–Trinajstić information content (AvgIpc) is 2.46. The van der Waals surface area contributed by atoms with Gasteiger partial charge in [0.05, 0.1) is 6.61 Å². The normalized spacial score (nSPS) is 24.1. The van der Waals surface area contributed by atoms with Gasteiger partial charge in [-0.05, 0) is 11.5 Å². The predicted octanol–water partition coefficient (Wildman–Crippen LogP) is 2.54. The van der Waals surface area contributed by atoms with Gasteiger partial charge in [0.15, 0.2) is 0 Å². The van der Waals surface area contributed by atoms with Crippen molar-refractivity contribution in [2.24, 2.45) is 0 Å². The molecule has 0 aliphatic carbocycles.